The van der Waals surface area contributed by atoms with Crippen molar-refractivity contribution in [1.82, 2.24) is 4.98 Å². The van der Waals surface area contributed by atoms with E-state index >= 15 is 0 Å². The Morgan fingerprint density at radius 3 is 2.88 bits per heavy atom. The van der Waals surface area contributed by atoms with Crippen LogP contribution in [0.25, 0.3) is 0 Å². The SMILES string of the molecule is Cc1nc(Br)ccc1NC(=O)CCC(C)N. The molecule has 1 amide bonds. The summed E-state index contributed by atoms with van der Waals surface area (Å²) in [6.07, 6.45) is 1.13. The molecule has 0 aliphatic heterocycles. The number of nitrogens with zero attached hydrogens (tertiary/aromatic N) is 1. The number of carbonyl (C=O) groups is 1. The fourth-order valence-electron chi connectivity index (χ4n) is 1.23. The topological polar surface area (TPSA) is 68.0 Å². The third kappa shape index (κ3) is 4.28. The van der Waals surface area contributed by atoms with Gasteiger partial charge < -0.3 is 11.1 Å². The van der Waals surface area contributed by atoms with Crippen LogP contribution in [0.2, 0.25) is 0 Å². The number of carbonyl (C=O) groups excluding carboxylic acids is 1. The first-order chi connectivity index (χ1) is 7.49. The number of hydrogen-bond acceptors (Lipinski definition) is 3. The predicted molar refractivity (Wildman–Crippen MR) is 68.2 cm³/mol. The second-order valence-corrected chi connectivity index (χ2v) is 4.64. The zero-order valence-electron chi connectivity index (χ0n) is 9.46. The summed E-state index contributed by atoms with van der Waals surface area (Å²) >= 11 is 3.27. The van der Waals surface area contributed by atoms with Crippen molar-refractivity contribution in [2.75, 3.05) is 5.32 Å². The van der Waals surface area contributed by atoms with Crippen LogP contribution >= 0.6 is 15.9 Å². The van der Waals surface area contributed by atoms with E-state index in [2.05, 4.69) is 26.2 Å². The number of rotatable bonds is 4. The van der Waals surface area contributed by atoms with E-state index in [1.54, 1.807) is 6.07 Å². The molecule has 5 heteroatoms. The summed E-state index contributed by atoms with van der Waals surface area (Å²) in [5, 5.41) is 2.81. The van der Waals surface area contributed by atoms with Crippen molar-refractivity contribution in [3.05, 3.63) is 22.4 Å². The van der Waals surface area contributed by atoms with E-state index in [0.29, 0.717) is 12.8 Å². The quantitative estimate of drug-likeness (QED) is 0.834. The molecule has 0 radical (unpaired) electrons. The zero-order valence-corrected chi connectivity index (χ0v) is 11.0. The number of aromatic nitrogens is 1. The van der Waals surface area contributed by atoms with Crippen molar-refractivity contribution in [1.29, 1.82) is 0 Å². The highest BCUT2D eigenvalue weighted by Gasteiger charge is 2.06. The molecule has 1 rings (SSSR count). The first-order valence-corrected chi connectivity index (χ1v) is 5.97. The summed E-state index contributed by atoms with van der Waals surface area (Å²) in [7, 11) is 0. The van der Waals surface area contributed by atoms with Crippen molar-refractivity contribution < 1.29 is 4.79 Å². The van der Waals surface area contributed by atoms with Crippen molar-refractivity contribution in [3.8, 4) is 0 Å². The number of halogens is 1. The van der Waals surface area contributed by atoms with Crippen LogP contribution in [0.4, 0.5) is 5.69 Å². The molecule has 4 nitrogen and oxygen atoms in total. The Morgan fingerprint density at radius 1 is 1.62 bits per heavy atom. The largest absolute Gasteiger partial charge is 0.328 e. The zero-order chi connectivity index (χ0) is 12.1. The van der Waals surface area contributed by atoms with Crippen molar-refractivity contribution in [3.63, 3.8) is 0 Å². The van der Waals surface area contributed by atoms with Crippen LogP contribution in [0.15, 0.2) is 16.7 Å². The van der Waals surface area contributed by atoms with E-state index in [-0.39, 0.29) is 11.9 Å². The van der Waals surface area contributed by atoms with Crippen LogP contribution < -0.4 is 11.1 Å². The van der Waals surface area contributed by atoms with Gasteiger partial charge in [-0.05, 0) is 48.3 Å². The molecule has 1 heterocycles. The van der Waals surface area contributed by atoms with Gasteiger partial charge in [-0.15, -0.1) is 0 Å². The smallest absolute Gasteiger partial charge is 0.224 e. The summed E-state index contributed by atoms with van der Waals surface area (Å²) in [5.74, 6) is -0.0236. The first-order valence-electron chi connectivity index (χ1n) is 5.17. The molecule has 3 N–H and O–H groups in total. The van der Waals surface area contributed by atoms with Gasteiger partial charge >= 0.3 is 0 Å². The average molecular weight is 286 g/mol. The number of amides is 1. The van der Waals surface area contributed by atoms with Gasteiger partial charge in [0, 0.05) is 12.5 Å². The summed E-state index contributed by atoms with van der Waals surface area (Å²) in [6.45, 7) is 3.74. The van der Waals surface area contributed by atoms with Gasteiger partial charge in [0.05, 0.1) is 11.4 Å². The van der Waals surface area contributed by atoms with E-state index in [1.807, 2.05) is 19.9 Å². The van der Waals surface area contributed by atoms with Crippen LogP contribution in [-0.2, 0) is 4.79 Å². The van der Waals surface area contributed by atoms with Crippen LogP contribution in [0, 0.1) is 6.92 Å². The summed E-state index contributed by atoms with van der Waals surface area (Å²) < 4.78 is 0.763. The molecule has 1 unspecified atom stereocenters. The number of nitrogens with one attached hydrogen (secondary N) is 1. The monoisotopic (exact) mass is 285 g/mol. The highest BCUT2D eigenvalue weighted by molar-refractivity contribution is 9.10. The Balaban J connectivity index is 2.56. The summed E-state index contributed by atoms with van der Waals surface area (Å²) in [6, 6.07) is 3.68. The molecule has 0 spiro atoms. The first kappa shape index (κ1) is 13.1. The van der Waals surface area contributed by atoms with Gasteiger partial charge in [0.2, 0.25) is 5.91 Å². The average Bonchev–Trinajstić information content (AvgIpc) is 2.19. The maximum absolute atomic E-state index is 11.5. The van der Waals surface area contributed by atoms with E-state index in [1.165, 1.54) is 0 Å². The molecule has 16 heavy (non-hydrogen) atoms. The molecule has 0 saturated carbocycles. The van der Waals surface area contributed by atoms with Crippen molar-refractivity contribution in [2.24, 2.45) is 5.73 Å². The highest BCUT2D eigenvalue weighted by atomic mass is 79.9. The molecule has 0 saturated heterocycles. The van der Waals surface area contributed by atoms with Gasteiger partial charge in [0.1, 0.15) is 4.60 Å². The second-order valence-electron chi connectivity index (χ2n) is 3.83. The summed E-state index contributed by atoms with van der Waals surface area (Å²) in [5.41, 5.74) is 7.13. The minimum Gasteiger partial charge on any atom is -0.328 e. The van der Waals surface area contributed by atoms with Crippen LogP contribution in [0.1, 0.15) is 25.5 Å². The van der Waals surface area contributed by atoms with Crippen molar-refractivity contribution >= 4 is 27.5 Å². The van der Waals surface area contributed by atoms with Crippen LogP contribution in [0.3, 0.4) is 0 Å². The van der Waals surface area contributed by atoms with Crippen LogP contribution in [-0.4, -0.2) is 16.9 Å². The molecule has 0 bridgehead atoms. The Labute approximate surface area is 104 Å². The fourth-order valence-corrected chi connectivity index (χ4v) is 1.63. The molecule has 0 fully saturated rings. The number of aryl methyl sites for hydroxylation is 1. The molecule has 88 valence electrons. The van der Waals surface area contributed by atoms with Gasteiger partial charge in [-0.3, -0.25) is 4.79 Å². The maximum Gasteiger partial charge on any atom is 0.224 e. The number of nitrogens with two attached hydrogens (primary N) is 1. The number of anilines is 1. The molecular weight excluding hydrogens is 270 g/mol. The standard InChI is InChI=1S/C11H16BrN3O/c1-7(13)3-6-11(16)15-9-4-5-10(12)14-8(9)2/h4-5,7H,3,6,13H2,1-2H3,(H,15,16). The molecule has 0 aliphatic rings. The van der Waals surface area contributed by atoms with Gasteiger partial charge in [0.25, 0.3) is 0 Å². The summed E-state index contributed by atoms with van der Waals surface area (Å²) in [4.78, 5) is 15.7. The van der Waals surface area contributed by atoms with Crippen LogP contribution in [0.5, 0.6) is 0 Å². The van der Waals surface area contributed by atoms with Gasteiger partial charge in [-0.25, -0.2) is 4.98 Å². The predicted octanol–water partition coefficient (Wildman–Crippen LogP) is 2.22. The van der Waals surface area contributed by atoms with Gasteiger partial charge in [-0.2, -0.15) is 0 Å². The minimum absolute atomic E-state index is 0.0236. The third-order valence-corrected chi connectivity index (χ3v) is 2.59. The Bertz CT molecular complexity index is 379. The molecule has 0 aliphatic carbocycles. The second kappa shape index (κ2) is 5.96. The van der Waals surface area contributed by atoms with E-state index in [4.69, 9.17) is 5.73 Å². The molecule has 0 aromatic carbocycles. The molecule has 1 aromatic heterocycles. The van der Waals surface area contributed by atoms with E-state index in [0.717, 1.165) is 16.0 Å². The lowest BCUT2D eigenvalue weighted by molar-refractivity contribution is -0.116. The van der Waals surface area contributed by atoms with E-state index < -0.39 is 0 Å². The molecular formula is C11H16BrN3O. The van der Waals surface area contributed by atoms with Gasteiger partial charge in [-0.1, -0.05) is 0 Å². The Morgan fingerprint density at radius 2 is 2.31 bits per heavy atom. The van der Waals surface area contributed by atoms with E-state index in [9.17, 15) is 4.79 Å². The minimum atomic E-state index is -0.0236. The third-order valence-electron chi connectivity index (χ3n) is 2.15. The lowest BCUT2D eigenvalue weighted by atomic mass is 10.2. The molecule has 1 aromatic rings. The lowest BCUT2D eigenvalue weighted by Gasteiger charge is -2.08. The Hall–Kier alpha value is -0.940. The number of hydrogen-bond donors (Lipinski definition) is 2. The Kier molecular flexibility index (Phi) is 4.89. The lowest BCUT2D eigenvalue weighted by Crippen LogP contribution is -2.19. The van der Waals surface area contributed by atoms with Gasteiger partial charge in [0.15, 0.2) is 0 Å². The van der Waals surface area contributed by atoms with Crippen molar-refractivity contribution in [2.45, 2.75) is 32.7 Å². The number of pyridine rings is 1. The fraction of sp³-hybridized carbons (Fsp3) is 0.455. The molecule has 1 atom stereocenters. The maximum atomic E-state index is 11.5. The highest BCUT2D eigenvalue weighted by Crippen LogP contribution is 2.16. The normalized spacial score (nSPS) is 12.2.